The number of methoxy groups -OCH3 is 1. The second-order valence-corrected chi connectivity index (χ2v) is 6.16. The van der Waals surface area contributed by atoms with Crippen molar-refractivity contribution in [2.75, 3.05) is 17.7 Å². The molecule has 0 atom stereocenters. The Morgan fingerprint density at radius 2 is 1.81 bits per heavy atom. The van der Waals surface area contributed by atoms with E-state index in [2.05, 4.69) is 10.6 Å². The molecule has 0 saturated heterocycles. The number of hydrogen-bond acceptors (Lipinski definition) is 3. The molecule has 0 aromatic heterocycles. The average molecular weight is 367 g/mol. The monoisotopic (exact) mass is 366 g/mol. The number of benzene rings is 3. The van der Waals surface area contributed by atoms with Gasteiger partial charge in [-0.05, 0) is 48.0 Å². The molecule has 1 amide bonds. The predicted molar refractivity (Wildman–Crippen MR) is 106 cm³/mol. The summed E-state index contributed by atoms with van der Waals surface area (Å²) < 4.78 is 5.39. The maximum atomic E-state index is 12.5. The van der Waals surface area contributed by atoms with Gasteiger partial charge in [-0.15, -0.1) is 0 Å². The van der Waals surface area contributed by atoms with Crippen molar-refractivity contribution in [1.82, 2.24) is 0 Å². The van der Waals surface area contributed by atoms with Gasteiger partial charge in [0.1, 0.15) is 5.75 Å². The number of carbonyl (C=O) groups is 1. The van der Waals surface area contributed by atoms with Crippen LogP contribution >= 0.6 is 11.6 Å². The van der Waals surface area contributed by atoms with Crippen molar-refractivity contribution in [2.45, 2.75) is 6.54 Å². The SMILES string of the molecule is COc1ccc(C(=O)Nc2ccccc2)cc1NCc1cccc(Cl)c1. The van der Waals surface area contributed by atoms with Crippen LogP contribution in [0.2, 0.25) is 5.02 Å². The van der Waals surface area contributed by atoms with Gasteiger partial charge in [-0.1, -0.05) is 41.9 Å². The number of anilines is 2. The Balaban J connectivity index is 1.76. The Kier molecular flexibility index (Phi) is 5.77. The molecule has 0 unspecified atom stereocenters. The lowest BCUT2D eigenvalue weighted by molar-refractivity contribution is 0.102. The van der Waals surface area contributed by atoms with E-state index in [0.29, 0.717) is 22.9 Å². The molecule has 5 heteroatoms. The summed E-state index contributed by atoms with van der Waals surface area (Å²) >= 11 is 6.02. The summed E-state index contributed by atoms with van der Waals surface area (Å²) in [6.07, 6.45) is 0. The lowest BCUT2D eigenvalue weighted by atomic mass is 10.1. The lowest BCUT2D eigenvalue weighted by Gasteiger charge is -2.13. The molecule has 0 bridgehead atoms. The fraction of sp³-hybridized carbons (Fsp3) is 0.0952. The third-order valence-corrected chi connectivity index (χ3v) is 4.10. The molecule has 0 heterocycles. The van der Waals surface area contributed by atoms with Gasteiger partial charge in [-0.25, -0.2) is 0 Å². The highest BCUT2D eigenvalue weighted by atomic mass is 35.5. The van der Waals surface area contributed by atoms with Crippen LogP contribution in [0.4, 0.5) is 11.4 Å². The molecule has 0 aliphatic heterocycles. The number of halogens is 1. The third-order valence-electron chi connectivity index (χ3n) is 3.87. The smallest absolute Gasteiger partial charge is 0.255 e. The molecular weight excluding hydrogens is 348 g/mol. The Morgan fingerprint density at radius 3 is 2.54 bits per heavy atom. The quantitative estimate of drug-likeness (QED) is 0.629. The average Bonchev–Trinajstić information content (AvgIpc) is 2.67. The lowest BCUT2D eigenvalue weighted by Crippen LogP contribution is -2.12. The zero-order valence-electron chi connectivity index (χ0n) is 14.3. The summed E-state index contributed by atoms with van der Waals surface area (Å²) in [5.41, 5.74) is 3.08. The highest BCUT2D eigenvalue weighted by Crippen LogP contribution is 2.27. The first-order valence-corrected chi connectivity index (χ1v) is 8.56. The van der Waals surface area contributed by atoms with Gasteiger partial charge < -0.3 is 15.4 Å². The molecule has 0 radical (unpaired) electrons. The summed E-state index contributed by atoms with van der Waals surface area (Å²) in [5.74, 6) is 0.493. The molecule has 0 saturated carbocycles. The number of amides is 1. The van der Waals surface area contributed by atoms with Crippen LogP contribution in [0.1, 0.15) is 15.9 Å². The van der Waals surface area contributed by atoms with Crippen molar-refractivity contribution < 1.29 is 9.53 Å². The van der Waals surface area contributed by atoms with Crippen LogP contribution in [-0.4, -0.2) is 13.0 Å². The Labute approximate surface area is 157 Å². The Bertz CT molecular complexity index is 898. The van der Waals surface area contributed by atoms with Crippen LogP contribution in [0.15, 0.2) is 72.8 Å². The second-order valence-electron chi connectivity index (χ2n) is 5.72. The van der Waals surface area contributed by atoms with Gasteiger partial charge in [0.05, 0.1) is 12.8 Å². The van der Waals surface area contributed by atoms with E-state index in [-0.39, 0.29) is 5.91 Å². The minimum atomic E-state index is -0.176. The van der Waals surface area contributed by atoms with Gasteiger partial charge in [-0.2, -0.15) is 0 Å². The topological polar surface area (TPSA) is 50.4 Å². The highest BCUT2D eigenvalue weighted by molar-refractivity contribution is 6.30. The van der Waals surface area contributed by atoms with Gasteiger partial charge in [0.15, 0.2) is 0 Å². The van der Waals surface area contributed by atoms with Gasteiger partial charge in [0, 0.05) is 22.8 Å². The van der Waals surface area contributed by atoms with Crippen LogP contribution in [0.5, 0.6) is 5.75 Å². The van der Waals surface area contributed by atoms with Crippen molar-refractivity contribution in [3.8, 4) is 5.75 Å². The molecule has 26 heavy (non-hydrogen) atoms. The van der Waals surface area contributed by atoms with Crippen molar-refractivity contribution in [3.63, 3.8) is 0 Å². The molecular formula is C21H19ClN2O2. The van der Waals surface area contributed by atoms with E-state index >= 15 is 0 Å². The summed E-state index contributed by atoms with van der Waals surface area (Å²) in [7, 11) is 1.60. The summed E-state index contributed by atoms with van der Waals surface area (Å²) in [6.45, 7) is 0.570. The fourth-order valence-corrected chi connectivity index (χ4v) is 2.77. The molecule has 0 spiro atoms. The summed E-state index contributed by atoms with van der Waals surface area (Å²) in [5, 5.41) is 6.87. The van der Waals surface area contributed by atoms with Crippen molar-refractivity contribution in [1.29, 1.82) is 0 Å². The third kappa shape index (κ3) is 4.55. The Hall–Kier alpha value is -2.98. The number of hydrogen-bond donors (Lipinski definition) is 2. The van der Waals surface area contributed by atoms with Crippen LogP contribution in [-0.2, 0) is 6.54 Å². The Morgan fingerprint density at radius 1 is 1.00 bits per heavy atom. The van der Waals surface area contributed by atoms with Gasteiger partial charge in [-0.3, -0.25) is 4.79 Å². The van der Waals surface area contributed by atoms with E-state index in [1.807, 2.05) is 54.6 Å². The molecule has 0 aliphatic carbocycles. The first-order valence-electron chi connectivity index (χ1n) is 8.18. The molecule has 3 aromatic carbocycles. The van der Waals surface area contributed by atoms with Crippen LogP contribution in [0.25, 0.3) is 0 Å². The van der Waals surface area contributed by atoms with Gasteiger partial charge in [0.2, 0.25) is 0 Å². The summed E-state index contributed by atoms with van der Waals surface area (Å²) in [6, 6.07) is 22.3. The normalized spacial score (nSPS) is 10.2. The highest BCUT2D eigenvalue weighted by Gasteiger charge is 2.11. The second kappa shape index (κ2) is 8.41. The number of ether oxygens (including phenoxy) is 1. The molecule has 3 rings (SSSR count). The minimum absolute atomic E-state index is 0.176. The molecule has 132 valence electrons. The maximum absolute atomic E-state index is 12.5. The number of carbonyl (C=O) groups excluding carboxylic acids is 1. The van der Waals surface area contributed by atoms with Crippen LogP contribution in [0.3, 0.4) is 0 Å². The standard InChI is InChI=1S/C21H19ClN2O2/c1-26-20-11-10-16(21(25)24-18-8-3-2-4-9-18)13-19(20)23-14-15-6-5-7-17(22)12-15/h2-13,23H,14H2,1H3,(H,24,25). The van der Waals surface area contributed by atoms with Gasteiger partial charge in [0.25, 0.3) is 5.91 Å². The maximum Gasteiger partial charge on any atom is 0.255 e. The first-order chi connectivity index (χ1) is 12.7. The molecule has 0 fully saturated rings. The van der Waals surface area contributed by atoms with Crippen LogP contribution < -0.4 is 15.4 Å². The zero-order valence-corrected chi connectivity index (χ0v) is 15.1. The summed E-state index contributed by atoms with van der Waals surface area (Å²) in [4.78, 5) is 12.5. The predicted octanol–water partition coefficient (Wildman–Crippen LogP) is 5.21. The van der Waals surface area contributed by atoms with Crippen molar-refractivity contribution in [2.24, 2.45) is 0 Å². The van der Waals surface area contributed by atoms with Crippen molar-refractivity contribution in [3.05, 3.63) is 88.9 Å². The van der Waals surface area contributed by atoms with E-state index in [1.54, 1.807) is 25.3 Å². The van der Waals surface area contributed by atoms with Gasteiger partial charge >= 0.3 is 0 Å². The number of para-hydroxylation sites is 1. The van der Waals surface area contributed by atoms with E-state index in [1.165, 1.54) is 0 Å². The van der Waals surface area contributed by atoms with E-state index < -0.39 is 0 Å². The first kappa shape index (κ1) is 17.8. The fourth-order valence-electron chi connectivity index (χ4n) is 2.56. The molecule has 3 aromatic rings. The number of nitrogens with one attached hydrogen (secondary N) is 2. The molecule has 4 nitrogen and oxygen atoms in total. The minimum Gasteiger partial charge on any atom is -0.495 e. The number of rotatable bonds is 6. The van der Waals surface area contributed by atoms with E-state index in [0.717, 1.165) is 16.9 Å². The van der Waals surface area contributed by atoms with E-state index in [9.17, 15) is 4.79 Å². The molecule has 2 N–H and O–H groups in total. The van der Waals surface area contributed by atoms with Crippen molar-refractivity contribution >= 4 is 28.9 Å². The van der Waals surface area contributed by atoms with E-state index in [4.69, 9.17) is 16.3 Å². The van der Waals surface area contributed by atoms with Crippen LogP contribution in [0, 0.1) is 0 Å². The molecule has 0 aliphatic rings. The largest absolute Gasteiger partial charge is 0.495 e. The zero-order chi connectivity index (χ0) is 18.4.